The van der Waals surface area contributed by atoms with Gasteiger partial charge in [0.25, 0.3) is 11.8 Å². The number of thiophene rings is 1. The molecule has 3 heterocycles. The van der Waals surface area contributed by atoms with Crippen molar-refractivity contribution in [3.05, 3.63) is 74.4 Å². The van der Waals surface area contributed by atoms with Crippen LogP contribution in [0.3, 0.4) is 0 Å². The van der Waals surface area contributed by atoms with Gasteiger partial charge < -0.3 is 16.0 Å². The van der Waals surface area contributed by atoms with E-state index in [0.717, 1.165) is 27.8 Å². The molecule has 5 rings (SSSR count). The van der Waals surface area contributed by atoms with E-state index >= 15 is 0 Å². The first-order valence-corrected chi connectivity index (χ1v) is 11.8. The number of rotatable bonds is 4. The van der Waals surface area contributed by atoms with Crippen molar-refractivity contribution in [2.24, 2.45) is 16.0 Å². The maximum atomic E-state index is 14.0. The van der Waals surface area contributed by atoms with Gasteiger partial charge in [0.1, 0.15) is 10.8 Å². The van der Waals surface area contributed by atoms with E-state index in [1.807, 2.05) is 6.07 Å². The molecule has 2 aliphatic rings. The first-order valence-electron chi connectivity index (χ1n) is 10.6. The highest BCUT2D eigenvalue weighted by atomic mass is 35.5. The summed E-state index contributed by atoms with van der Waals surface area (Å²) >= 11 is 6.90. The zero-order valence-corrected chi connectivity index (χ0v) is 19.7. The molecule has 0 saturated carbocycles. The molecule has 2 aliphatic heterocycles. The second-order valence-electron chi connectivity index (χ2n) is 8.00. The molecular weight excluding hydrogens is 495 g/mol. The fraction of sp³-hybridized carbons (Fsp3) is 0.174. The number of carbonyl (C=O) groups excluding carboxylic acids is 3. The first kappa shape index (κ1) is 22.9. The summed E-state index contributed by atoms with van der Waals surface area (Å²) in [6, 6.07) is 8.42. The number of benzene rings is 2. The van der Waals surface area contributed by atoms with Gasteiger partial charge in [0.2, 0.25) is 0 Å². The lowest BCUT2D eigenvalue weighted by Gasteiger charge is -2.27. The number of hydrogen-bond acceptors (Lipinski definition) is 6. The summed E-state index contributed by atoms with van der Waals surface area (Å²) < 4.78 is 14.0. The molecule has 2 aromatic carbocycles. The van der Waals surface area contributed by atoms with Crippen molar-refractivity contribution in [2.75, 3.05) is 17.2 Å². The average Bonchev–Trinajstić information content (AvgIpc) is 3.43. The van der Waals surface area contributed by atoms with Crippen molar-refractivity contribution < 1.29 is 18.8 Å². The van der Waals surface area contributed by atoms with Gasteiger partial charge in [-0.25, -0.2) is 9.18 Å². The van der Waals surface area contributed by atoms with E-state index in [2.05, 4.69) is 20.9 Å². The van der Waals surface area contributed by atoms with E-state index in [4.69, 9.17) is 17.3 Å². The Morgan fingerprint density at radius 1 is 1.14 bits per heavy atom. The SMILES string of the molecule is NC(=O)c1c(NC(=O)Nc2ccc(Cl)cc2F)sc2c1CCN(C(=O)c1ccc3c(c1)N=NC3)C2. The number of hydrogen-bond donors (Lipinski definition) is 3. The summed E-state index contributed by atoms with van der Waals surface area (Å²) in [5.41, 5.74) is 8.60. The Hall–Kier alpha value is -3.83. The van der Waals surface area contributed by atoms with Gasteiger partial charge in [-0.2, -0.15) is 10.2 Å². The number of anilines is 2. The van der Waals surface area contributed by atoms with Crippen LogP contribution in [-0.2, 0) is 19.5 Å². The van der Waals surface area contributed by atoms with Gasteiger partial charge in [-0.3, -0.25) is 14.9 Å². The van der Waals surface area contributed by atoms with Gasteiger partial charge >= 0.3 is 6.03 Å². The van der Waals surface area contributed by atoms with Crippen LogP contribution in [0.25, 0.3) is 0 Å². The van der Waals surface area contributed by atoms with Crippen molar-refractivity contribution in [3.8, 4) is 0 Å². The van der Waals surface area contributed by atoms with Gasteiger partial charge in [-0.15, -0.1) is 11.3 Å². The third kappa shape index (κ3) is 4.47. The summed E-state index contributed by atoms with van der Waals surface area (Å²) in [7, 11) is 0. The molecule has 0 bridgehead atoms. The molecule has 178 valence electrons. The number of nitrogens with one attached hydrogen (secondary N) is 2. The maximum Gasteiger partial charge on any atom is 0.324 e. The quantitative estimate of drug-likeness (QED) is 0.450. The third-order valence-electron chi connectivity index (χ3n) is 5.75. The van der Waals surface area contributed by atoms with Crippen LogP contribution in [0.5, 0.6) is 0 Å². The monoisotopic (exact) mass is 512 g/mol. The van der Waals surface area contributed by atoms with Crippen molar-refractivity contribution in [1.29, 1.82) is 0 Å². The molecule has 0 spiro atoms. The fourth-order valence-corrected chi connectivity index (χ4v) is 5.49. The lowest BCUT2D eigenvalue weighted by Crippen LogP contribution is -2.36. The van der Waals surface area contributed by atoms with Crippen LogP contribution >= 0.6 is 22.9 Å². The Kier molecular flexibility index (Phi) is 5.95. The molecule has 1 aromatic heterocycles. The number of azo groups is 1. The first-order chi connectivity index (χ1) is 16.8. The number of primary amides is 1. The van der Waals surface area contributed by atoms with E-state index < -0.39 is 17.8 Å². The van der Waals surface area contributed by atoms with Crippen LogP contribution in [0.2, 0.25) is 5.02 Å². The number of amides is 4. The van der Waals surface area contributed by atoms with E-state index in [1.165, 1.54) is 12.1 Å². The molecule has 0 saturated heterocycles. The molecule has 0 radical (unpaired) electrons. The van der Waals surface area contributed by atoms with E-state index in [0.29, 0.717) is 36.3 Å². The molecule has 0 fully saturated rings. The topological polar surface area (TPSA) is 129 Å². The summed E-state index contributed by atoms with van der Waals surface area (Å²) in [5, 5.41) is 13.4. The molecule has 0 aliphatic carbocycles. The van der Waals surface area contributed by atoms with Gasteiger partial charge in [-0.05, 0) is 42.3 Å². The van der Waals surface area contributed by atoms with Crippen molar-refractivity contribution >= 4 is 57.2 Å². The normalized spacial score (nSPS) is 13.8. The summed E-state index contributed by atoms with van der Waals surface area (Å²) in [5.74, 6) is -1.56. The number of halogens is 2. The average molecular weight is 513 g/mol. The Bertz CT molecular complexity index is 1420. The lowest BCUT2D eigenvalue weighted by molar-refractivity contribution is 0.0737. The predicted molar refractivity (Wildman–Crippen MR) is 130 cm³/mol. The van der Waals surface area contributed by atoms with Crippen molar-refractivity contribution in [3.63, 3.8) is 0 Å². The molecule has 3 aromatic rings. The Labute approximate surface area is 207 Å². The highest BCUT2D eigenvalue weighted by Crippen LogP contribution is 2.38. The molecule has 0 unspecified atom stereocenters. The van der Waals surface area contributed by atoms with Crippen molar-refractivity contribution in [1.82, 2.24) is 4.90 Å². The van der Waals surface area contributed by atoms with Gasteiger partial charge in [0.15, 0.2) is 0 Å². The standard InChI is InChI=1S/C23H18ClFN6O3S/c24-13-3-4-16(15(25)8-13)28-23(34)29-21-19(20(26)32)14-5-6-31(10-18(14)35-21)22(33)11-1-2-12-9-27-30-17(12)7-11/h1-4,7-8H,5-6,9-10H2,(H2,26,32)(H2,28,29,34). The molecule has 12 heteroatoms. The predicted octanol–water partition coefficient (Wildman–Crippen LogP) is 5.08. The minimum Gasteiger partial charge on any atom is -0.365 e. The van der Waals surface area contributed by atoms with E-state index in [-0.39, 0.29) is 33.7 Å². The summed E-state index contributed by atoms with van der Waals surface area (Å²) in [6.07, 6.45) is 0.398. The van der Waals surface area contributed by atoms with Crippen molar-refractivity contribution in [2.45, 2.75) is 19.5 Å². The molecule has 4 amide bonds. The van der Waals surface area contributed by atoms with Gasteiger partial charge in [-0.1, -0.05) is 17.7 Å². The molecule has 9 nitrogen and oxygen atoms in total. The summed E-state index contributed by atoms with van der Waals surface area (Å²) in [4.78, 5) is 40.3. The third-order valence-corrected chi connectivity index (χ3v) is 7.12. The minimum absolute atomic E-state index is 0.0699. The fourth-order valence-electron chi connectivity index (χ4n) is 4.07. The van der Waals surface area contributed by atoms with Gasteiger partial charge in [0.05, 0.1) is 30.0 Å². The Morgan fingerprint density at radius 3 is 2.74 bits per heavy atom. The van der Waals surface area contributed by atoms with Crippen LogP contribution in [0.4, 0.5) is 25.6 Å². The summed E-state index contributed by atoms with van der Waals surface area (Å²) in [6.45, 7) is 1.14. The number of nitrogens with zero attached hydrogens (tertiary/aromatic N) is 3. The molecule has 0 atom stereocenters. The largest absolute Gasteiger partial charge is 0.365 e. The zero-order chi connectivity index (χ0) is 24.7. The second kappa shape index (κ2) is 9.08. The highest BCUT2D eigenvalue weighted by molar-refractivity contribution is 7.17. The van der Waals surface area contributed by atoms with Crippen LogP contribution < -0.4 is 16.4 Å². The second-order valence-corrected chi connectivity index (χ2v) is 9.54. The number of nitrogens with two attached hydrogens (primary N) is 1. The maximum absolute atomic E-state index is 14.0. The Balaban J connectivity index is 1.35. The number of fused-ring (bicyclic) bond motifs is 2. The molecule has 4 N–H and O–H groups in total. The van der Waals surface area contributed by atoms with Crippen LogP contribution in [0.1, 0.15) is 36.7 Å². The molecule has 35 heavy (non-hydrogen) atoms. The Morgan fingerprint density at radius 2 is 1.97 bits per heavy atom. The highest BCUT2D eigenvalue weighted by Gasteiger charge is 2.30. The van der Waals surface area contributed by atoms with Crippen LogP contribution in [0.15, 0.2) is 46.6 Å². The zero-order valence-electron chi connectivity index (χ0n) is 18.1. The number of urea groups is 1. The van der Waals surface area contributed by atoms with Gasteiger partial charge in [0, 0.05) is 27.6 Å². The molecular formula is C23H18ClFN6O3S. The smallest absolute Gasteiger partial charge is 0.324 e. The lowest BCUT2D eigenvalue weighted by atomic mass is 10.0. The number of carbonyl (C=O) groups is 3. The van der Waals surface area contributed by atoms with E-state index in [1.54, 1.807) is 17.0 Å². The van der Waals surface area contributed by atoms with Crippen LogP contribution in [-0.4, -0.2) is 29.3 Å². The van der Waals surface area contributed by atoms with E-state index in [9.17, 15) is 18.8 Å². The minimum atomic E-state index is -0.743. The van der Waals surface area contributed by atoms with Crippen LogP contribution in [0, 0.1) is 5.82 Å².